The van der Waals surface area contributed by atoms with Crippen molar-refractivity contribution in [2.45, 2.75) is 39.7 Å². The Labute approximate surface area is 218 Å². The topological polar surface area (TPSA) is 66.7 Å². The van der Waals surface area contributed by atoms with Crippen molar-refractivity contribution in [3.05, 3.63) is 88.6 Å². The van der Waals surface area contributed by atoms with Gasteiger partial charge in [0.05, 0.1) is 26.0 Å². The number of carbonyl (C=O) groups excluding carboxylic acids is 1. The van der Waals surface area contributed by atoms with Gasteiger partial charge in [-0.15, -0.1) is 0 Å². The van der Waals surface area contributed by atoms with Crippen molar-refractivity contribution < 1.29 is 19.0 Å². The van der Waals surface area contributed by atoms with E-state index in [1.54, 1.807) is 14.0 Å². The van der Waals surface area contributed by atoms with Gasteiger partial charge in [-0.1, -0.05) is 42.5 Å². The molecular weight excluding hydrogens is 462 g/mol. The Morgan fingerprint density at radius 1 is 1.00 bits per heavy atom. The second-order valence-electron chi connectivity index (χ2n) is 9.66. The first-order valence-corrected chi connectivity index (χ1v) is 12.8. The predicted octanol–water partition coefficient (Wildman–Crippen LogP) is 6.89. The highest BCUT2D eigenvalue weighted by molar-refractivity contribution is 5.95. The lowest BCUT2D eigenvalue weighted by Crippen LogP contribution is -2.26. The van der Waals surface area contributed by atoms with Gasteiger partial charge in [0, 0.05) is 35.7 Å². The van der Waals surface area contributed by atoms with Crippen LogP contribution >= 0.6 is 0 Å². The Morgan fingerprint density at radius 2 is 1.78 bits per heavy atom. The van der Waals surface area contributed by atoms with Gasteiger partial charge in [0.2, 0.25) is 0 Å². The van der Waals surface area contributed by atoms with E-state index in [-0.39, 0.29) is 11.9 Å². The zero-order chi connectivity index (χ0) is 25.9. The summed E-state index contributed by atoms with van der Waals surface area (Å²) in [4.78, 5) is 11.8. The lowest BCUT2D eigenvalue weighted by molar-refractivity contribution is 0.0254. The number of nitrogens with one attached hydrogen (secondary N) is 1. The number of carbonyl (C=O) groups is 1. The molecule has 0 bridgehead atoms. The lowest BCUT2D eigenvalue weighted by atomic mass is 9.93. The summed E-state index contributed by atoms with van der Waals surface area (Å²) in [7, 11) is 1.64. The molecule has 2 aliphatic rings. The van der Waals surface area contributed by atoms with Crippen LogP contribution in [0.15, 0.2) is 60.8 Å². The Kier molecular flexibility index (Phi) is 7.15. The molecule has 2 heterocycles. The van der Waals surface area contributed by atoms with Crippen LogP contribution in [-0.2, 0) is 4.74 Å². The van der Waals surface area contributed by atoms with E-state index in [1.165, 1.54) is 11.1 Å². The third-order valence-corrected chi connectivity index (χ3v) is 7.11. The van der Waals surface area contributed by atoms with Gasteiger partial charge in [-0.2, -0.15) is 0 Å². The molecule has 5 heteroatoms. The van der Waals surface area contributed by atoms with Gasteiger partial charge in [0.25, 0.3) is 0 Å². The van der Waals surface area contributed by atoms with Crippen LogP contribution in [0.1, 0.15) is 59.3 Å². The number of methoxy groups -OCH3 is 1. The quantitative estimate of drug-likeness (QED) is 0.272. The molecule has 0 amide bonds. The second kappa shape index (κ2) is 10.7. The second-order valence-corrected chi connectivity index (χ2v) is 9.66. The molecule has 0 spiro atoms. The first-order chi connectivity index (χ1) is 17.9. The van der Waals surface area contributed by atoms with Crippen molar-refractivity contribution in [2.24, 2.45) is 0 Å². The maximum atomic E-state index is 11.8. The molecule has 0 radical (unpaired) electrons. The van der Waals surface area contributed by atoms with Crippen molar-refractivity contribution in [3.8, 4) is 22.6 Å². The van der Waals surface area contributed by atoms with Gasteiger partial charge in [0.15, 0.2) is 5.78 Å². The van der Waals surface area contributed by atoms with Crippen LogP contribution < -0.4 is 14.8 Å². The fourth-order valence-corrected chi connectivity index (χ4v) is 4.85. The molecule has 190 valence electrons. The van der Waals surface area contributed by atoms with Gasteiger partial charge in [0.1, 0.15) is 17.6 Å². The van der Waals surface area contributed by atoms with E-state index in [2.05, 4.69) is 61.6 Å². The SMILES string of the molecule is COc1cc(C(C)=O)ccc1/C(C)=C/c1cccc(-c2ccc(OC3CCOCC3)c(C3=CN3)c2)c1C. The molecule has 2 aliphatic heterocycles. The zero-order valence-corrected chi connectivity index (χ0v) is 21.9. The maximum Gasteiger partial charge on any atom is 0.159 e. The minimum atomic E-state index is 0.0238. The molecule has 3 aromatic carbocycles. The van der Waals surface area contributed by atoms with Crippen molar-refractivity contribution in [1.29, 1.82) is 0 Å². The van der Waals surface area contributed by atoms with E-state index in [1.807, 2.05) is 24.4 Å². The van der Waals surface area contributed by atoms with Gasteiger partial charge < -0.3 is 19.5 Å². The summed E-state index contributed by atoms with van der Waals surface area (Å²) in [5.74, 6) is 1.64. The summed E-state index contributed by atoms with van der Waals surface area (Å²) in [6, 6.07) is 18.5. The minimum absolute atomic E-state index is 0.0238. The van der Waals surface area contributed by atoms with Crippen LogP contribution in [0.5, 0.6) is 11.5 Å². The van der Waals surface area contributed by atoms with Crippen LogP contribution in [-0.4, -0.2) is 32.2 Å². The largest absolute Gasteiger partial charge is 0.496 e. The highest BCUT2D eigenvalue weighted by atomic mass is 16.5. The number of rotatable bonds is 8. The third kappa shape index (κ3) is 5.47. The number of hydrogen-bond donors (Lipinski definition) is 1. The monoisotopic (exact) mass is 495 g/mol. The summed E-state index contributed by atoms with van der Waals surface area (Å²) < 4.78 is 17.5. The van der Waals surface area contributed by atoms with E-state index in [0.29, 0.717) is 11.3 Å². The molecule has 0 aliphatic carbocycles. The standard InChI is InChI=1S/C32H33NO4/c1-20(27-10-8-24(22(3)34)18-32(27)35-4)16-23-6-5-7-28(21(23)2)25-9-11-31(29(17-25)30-19-33-30)37-26-12-14-36-15-13-26/h5-11,16-19,26,33H,12-15H2,1-4H3/b20-16+. The highest BCUT2D eigenvalue weighted by Crippen LogP contribution is 2.37. The number of ether oxygens (including phenoxy) is 3. The number of hydrogen-bond acceptors (Lipinski definition) is 5. The number of ketones is 1. The first kappa shape index (κ1) is 24.8. The smallest absolute Gasteiger partial charge is 0.159 e. The molecule has 1 N–H and O–H groups in total. The first-order valence-electron chi connectivity index (χ1n) is 12.8. The van der Waals surface area contributed by atoms with E-state index in [4.69, 9.17) is 14.2 Å². The van der Waals surface area contributed by atoms with Gasteiger partial charge >= 0.3 is 0 Å². The Balaban J connectivity index is 1.46. The summed E-state index contributed by atoms with van der Waals surface area (Å²) >= 11 is 0. The average molecular weight is 496 g/mol. The summed E-state index contributed by atoms with van der Waals surface area (Å²) in [6.45, 7) is 7.31. The molecule has 1 saturated heterocycles. The molecule has 0 saturated carbocycles. The molecule has 0 aromatic heterocycles. The van der Waals surface area contributed by atoms with Crippen molar-refractivity contribution in [2.75, 3.05) is 20.3 Å². The molecule has 1 fully saturated rings. The normalized spacial score (nSPS) is 15.6. The van der Waals surface area contributed by atoms with Crippen molar-refractivity contribution in [1.82, 2.24) is 5.32 Å². The van der Waals surface area contributed by atoms with Crippen LogP contribution in [0.25, 0.3) is 28.5 Å². The fraction of sp³-hybridized carbons (Fsp3) is 0.281. The number of allylic oxidation sites excluding steroid dienone is 1. The van der Waals surface area contributed by atoms with Crippen LogP contribution in [0.3, 0.4) is 0 Å². The third-order valence-electron chi connectivity index (χ3n) is 7.11. The molecule has 3 aromatic rings. The Hall–Kier alpha value is -3.83. The Bertz CT molecular complexity index is 1400. The lowest BCUT2D eigenvalue weighted by Gasteiger charge is -2.24. The Morgan fingerprint density at radius 3 is 2.49 bits per heavy atom. The molecule has 0 atom stereocenters. The van der Waals surface area contributed by atoms with Gasteiger partial charge in [-0.25, -0.2) is 0 Å². The summed E-state index contributed by atoms with van der Waals surface area (Å²) in [5, 5.41) is 3.24. The minimum Gasteiger partial charge on any atom is -0.496 e. The fourth-order valence-electron chi connectivity index (χ4n) is 4.85. The average Bonchev–Trinajstić information content (AvgIpc) is 3.76. The van der Waals surface area contributed by atoms with E-state index >= 15 is 0 Å². The van der Waals surface area contributed by atoms with Crippen molar-refractivity contribution in [3.63, 3.8) is 0 Å². The van der Waals surface area contributed by atoms with E-state index in [0.717, 1.165) is 65.3 Å². The highest BCUT2D eigenvalue weighted by Gasteiger charge is 2.21. The zero-order valence-electron chi connectivity index (χ0n) is 21.9. The molecule has 5 rings (SSSR count). The molecule has 0 unspecified atom stereocenters. The van der Waals surface area contributed by atoms with Crippen molar-refractivity contribution >= 4 is 23.1 Å². The van der Waals surface area contributed by atoms with E-state index in [9.17, 15) is 4.79 Å². The van der Waals surface area contributed by atoms with E-state index < -0.39 is 0 Å². The molecule has 5 nitrogen and oxygen atoms in total. The number of Topliss-reactive ketones (excluding diaryl/α,β-unsaturated/α-hetero) is 1. The summed E-state index contributed by atoms with van der Waals surface area (Å²) in [6.07, 6.45) is 6.22. The van der Waals surface area contributed by atoms with Crippen LogP contribution in [0, 0.1) is 6.92 Å². The maximum absolute atomic E-state index is 11.8. The summed E-state index contributed by atoms with van der Waals surface area (Å²) in [5.41, 5.74) is 9.56. The number of benzene rings is 3. The van der Waals surface area contributed by atoms with Crippen LogP contribution in [0.2, 0.25) is 0 Å². The molecular formula is C32H33NO4. The van der Waals surface area contributed by atoms with Crippen LogP contribution in [0.4, 0.5) is 0 Å². The predicted molar refractivity (Wildman–Crippen MR) is 149 cm³/mol. The molecule has 37 heavy (non-hydrogen) atoms. The van der Waals surface area contributed by atoms with Gasteiger partial charge in [-0.3, -0.25) is 4.79 Å². The van der Waals surface area contributed by atoms with Gasteiger partial charge in [-0.05, 0) is 66.8 Å².